The molecule has 0 saturated carbocycles. The number of hydrogen-bond donors (Lipinski definition) is 1. The van der Waals surface area contributed by atoms with Gasteiger partial charge in [-0.3, -0.25) is 0 Å². The molecule has 4 nitrogen and oxygen atoms in total. The maximum Gasteiger partial charge on any atom is 0.227 e. The zero-order valence-corrected chi connectivity index (χ0v) is 14.0. The Hall–Kier alpha value is -1.20. The molecule has 1 saturated heterocycles. The van der Waals surface area contributed by atoms with Crippen LogP contribution in [0.15, 0.2) is 21.1 Å². The second kappa shape index (κ2) is 6.28. The highest BCUT2D eigenvalue weighted by Gasteiger charge is 2.18. The van der Waals surface area contributed by atoms with Gasteiger partial charge < -0.3 is 9.84 Å². The first kappa shape index (κ1) is 14.7. The van der Waals surface area contributed by atoms with E-state index in [0.29, 0.717) is 11.7 Å². The van der Waals surface area contributed by atoms with Gasteiger partial charge in [-0.2, -0.15) is 4.98 Å². The molecular weight excluding hydrogens is 330 g/mol. The fraction of sp³-hybridized carbons (Fsp3) is 0.500. The molecule has 1 aliphatic heterocycles. The van der Waals surface area contributed by atoms with Crippen molar-refractivity contribution in [3.63, 3.8) is 0 Å². The van der Waals surface area contributed by atoms with Gasteiger partial charge in [0, 0.05) is 16.5 Å². The summed E-state index contributed by atoms with van der Waals surface area (Å²) in [6, 6.07) is 4.19. The van der Waals surface area contributed by atoms with Gasteiger partial charge >= 0.3 is 0 Å². The van der Waals surface area contributed by atoms with Crippen molar-refractivity contribution in [3.05, 3.63) is 33.6 Å². The van der Waals surface area contributed by atoms with E-state index in [4.69, 9.17) is 4.52 Å². The van der Waals surface area contributed by atoms with Crippen LogP contribution in [-0.4, -0.2) is 23.2 Å². The predicted molar refractivity (Wildman–Crippen MR) is 86.2 cm³/mol. The Balaban J connectivity index is 1.78. The van der Waals surface area contributed by atoms with Gasteiger partial charge in [0.2, 0.25) is 11.7 Å². The average molecular weight is 350 g/mol. The minimum atomic E-state index is 0.660. The standard InChI is InChI=1S/C16H20BrN3O/c1-10-7-13(8-11(2)15(10)17)16-19-14(21-20-16)9-12-3-5-18-6-4-12/h7-8,12,18H,3-6,9H2,1-2H3. The molecule has 1 fully saturated rings. The lowest BCUT2D eigenvalue weighted by molar-refractivity contribution is 0.313. The lowest BCUT2D eigenvalue weighted by Gasteiger charge is -2.20. The third kappa shape index (κ3) is 3.35. The zero-order valence-electron chi connectivity index (χ0n) is 12.4. The van der Waals surface area contributed by atoms with E-state index in [9.17, 15) is 0 Å². The average Bonchev–Trinajstić information content (AvgIpc) is 2.94. The highest BCUT2D eigenvalue weighted by Crippen LogP contribution is 2.27. The number of aryl methyl sites for hydroxylation is 2. The lowest BCUT2D eigenvalue weighted by atomic mass is 9.95. The summed E-state index contributed by atoms with van der Waals surface area (Å²) in [6.07, 6.45) is 3.27. The molecule has 1 aromatic heterocycles. The van der Waals surface area contributed by atoms with E-state index >= 15 is 0 Å². The van der Waals surface area contributed by atoms with Crippen LogP contribution in [0.25, 0.3) is 11.4 Å². The van der Waals surface area contributed by atoms with Crippen LogP contribution in [-0.2, 0) is 6.42 Å². The summed E-state index contributed by atoms with van der Waals surface area (Å²) in [7, 11) is 0. The minimum Gasteiger partial charge on any atom is -0.339 e. The fourth-order valence-electron chi connectivity index (χ4n) is 2.86. The van der Waals surface area contributed by atoms with Gasteiger partial charge in [0.25, 0.3) is 0 Å². The van der Waals surface area contributed by atoms with E-state index in [2.05, 4.69) is 57.4 Å². The number of nitrogens with one attached hydrogen (secondary N) is 1. The Kier molecular flexibility index (Phi) is 4.40. The van der Waals surface area contributed by atoms with E-state index in [1.807, 2.05) is 0 Å². The fourth-order valence-corrected chi connectivity index (χ4v) is 3.09. The van der Waals surface area contributed by atoms with Gasteiger partial charge in [-0.05, 0) is 69.0 Å². The van der Waals surface area contributed by atoms with Crippen LogP contribution in [0.5, 0.6) is 0 Å². The van der Waals surface area contributed by atoms with Crippen molar-refractivity contribution in [2.45, 2.75) is 33.1 Å². The molecule has 0 radical (unpaired) electrons. The first-order chi connectivity index (χ1) is 10.1. The quantitative estimate of drug-likeness (QED) is 0.918. The SMILES string of the molecule is Cc1cc(-c2noc(CC3CCNCC3)n2)cc(C)c1Br. The first-order valence-corrected chi connectivity index (χ1v) is 8.23. The van der Waals surface area contributed by atoms with Crippen LogP contribution in [0, 0.1) is 19.8 Å². The Morgan fingerprint density at radius 3 is 2.57 bits per heavy atom. The third-order valence-corrected chi connectivity index (χ3v) is 5.34. The molecule has 112 valence electrons. The Bertz CT molecular complexity index is 609. The predicted octanol–water partition coefficient (Wildman–Crippen LogP) is 3.66. The van der Waals surface area contributed by atoms with Crippen molar-refractivity contribution in [2.75, 3.05) is 13.1 Å². The molecule has 0 unspecified atom stereocenters. The van der Waals surface area contributed by atoms with Gasteiger partial charge in [0.1, 0.15) is 0 Å². The largest absolute Gasteiger partial charge is 0.339 e. The van der Waals surface area contributed by atoms with E-state index < -0.39 is 0 Å². The number of nitrogens with zero attached hydrogens (tertiary/aromatic N) is 2. The van der Waals surface area contributed by atoms with Gasteiger partial charge in [-0.15, -0.1) is 0 Å². The van der Waals surface area contributed by atoms with Crippen LogP contribution in [0.2, 0.25) is 0 Å². The van der Waals surface area contributed by atoms with Crippen molar-refractivity contribution in [3.8, 4) is 11.4 Å². The molecule has 1 N–H and O–H groups in total. The van der Waals surface area contributed by atoms with Crippen molar-refractivity contribution >= 4 is 15.9 Å². The number of piperidine rings is 1. The van der Waals surface area contributed by atoms with Crippen LogP contribution >= 0.6 is 15.9 Å². The van der Waals surface area contributed by atoms with E-state index in [0.717, 1.165) is 35.4 Å². The monoisotopic (exact) mass is 349 g/mol. The van der Waals surface area contributed by atoms with Crippen LogP contribution in [0.1, 0.15) is 29.9 Å². The Labute approximate surface area is 133 Å². The zero-order chi connectivity index (χ0) is 14.8. The maximum atomic E-state index is 5.44. The molecular formula is C16H20BrN3O. The van der Waals surface area contributed by atoms with Crippen molar-refractivity contribution in [2.24, 2.45) is 5.92 Å². The summed E-state index contributed by atoms with van der Waals surface area (Å²) in [4.78, 5) is 4.57. The topological polar surface area (TPSA) is 51.0 Å². The Morgan fingerprint density at radius 2 is 1.90 bits per heavy atom. The summed E-state index contributed by atoms with van der Waals surface area (Å²) >= 11 is 3.59. The molecule has 2 heterocycles. The Morgan fingerprint density at radius 1 is 1.24 bits per heavy atom. The first-order valence-electron chi connectivity index (χ1n) is 7.44. The highest BCUT2D eigenvalue weighted by atomic mass is 79.9. The molecule has 3 rings (SSSR count). The smallest absolute Gasteiger partial charge is 0.227 e. The highest BCUT2D eigenvalue weighted by molar-refractivity contribution is 9.10. The molecule has 0 amide bonds. The van der Waals surface area contributed by atoms with E-state index in [-0.39, 0.29) is 0 Å². The summed E-state index contributed by atoms with van der Waals surface area (Å²) in [5.41, 5.74) is 3.40. The van der Waals surface area contributed by atoms with Gasteiger partial charge in [0.05, 0.1) is 0 Å². The summed E-state index contributed by atoms with van der Waals surface area (Å²) in [5.74, 6) is 2.11. The van der Waals surface area contributed by atoms with Crippen molar-refractivity contribution in [1.29, 1.82) is 0 Å². The molecule has 2 aromatic rings. The van der Waals surface area contributed by atoms with Crippen LogP contribution in [0.4, 0.5) is 0 Å². The summed E-state index contributed by atoms with van der Waals surface area (Å²) in [6.45, 7) is 6.35. The minimum absolute atomic E-state index is 0.660. The lowest BCUT2D eigenvalue weighted by Crippen LogP contribution is -2.28. The molecule has 0 bridgehead atoms. The second-order valence-corrected chi connectivity index (χ2v) is 6.63. The molecule has 0 aliphatic carbocycles. The van der Waals surface area contributed by atoms with Crippen molar-refractivity contribution < 1.29 is 4.52 Å². The van der Waals surface area contributed by atoms with Gasteiger partial charge in [0.15, 0.2) is 0 Å². The number of aromatic nitrogens is 2. The normalized spacial score (nSPS) is 16.3. The molecule has 21 heavy (non-hydrogen) atoms. The molecule has 5 heteroatoms. The molecule has 1 aromatic carbocycles. The van der Waals surface area contributed by atoms with Gasteiger partial charge in [-0.1, -0.05) is 21.1 Å². The van der Waals surface area contributed by atoms with Gasteiger partial charge in [-0.25, -0.2) is 0 Å². The number of benzene rings is 1. The van der Waals surface area contributed by atoms with E-state index in [1.165, 1.54) is 24.0 Å². The second-order valence-electron chi connectivity index (χ2n) is 5.83. The molecule has 1 aliphatic rings. The molecule has 0 spiro atoms. The number of hydrogen-bond acceptors (Lipinski definition) is 4. The summed E-state index contributed by atoms with van der Waals surface area (Å²) < 4.78 is 6.58. The third-order valence-electron chi connectivity index (χ3n) is 4.08. The van der Waals surface area contributed by atoms with Crippen molar-refractivity contribution in [1.82, 2.24) is 15.5 Å². The van der Waals surface area contributed by atoms with Crippen LogP contribution in [0.3, 0.4) is 0 Å². The number of rotatable bonds is 3. The van der Waals surface area contributed by atoms with E-state index in [1.54, 1.807) is 0 Å². The summed E-state index contributed by atoms with van der Waals surface area (Å²) in [5, 5.41) is 7.52. The molecule has 0 atom stereocenters. The van der Waals surface area contributed by atoms with Crippen LogP contribution < -0.4 is 5.32 Å². The number of halogens is 1. The maximum absolute atomic E-state index is 5.44.